The van der Waals surface area contributed by atoms with Crippen LogP contribution in [0.4, 0.5) is 13.2 Å². The van der Waals surface area contributed by atoms with Gasteiger partial charge >= 0.3 is 6.18 Å². The molecule has 0 aliphatic heterocycles. The highest BCUT2D eigenvalue weighted by molar-refractivity contribution is 5.10. The Hall–Kier alpha value is -1.13. The van der Waals surface area contributed by atoms with Crippen molar-refractivity contribution in [3.8, 4) is 0 Å². The van der Waals surface area contributed by atoms with Crippen molar-refractivity contribution < 1.29 is 13.2 Å². The Morgan fingerprint density at radius 1 is 1.12 bits per heavy atom. The first-order chi connectivity index (χ1) is 7.32. The highest BCUT2D eigenvalue weighted by Gasteiger charge is 2.34. The fourth-order valence-corrected chi connectivity index (χ4v) is 0.783. The minimum absolute atomic E-state index is 0.141. The first kappa shape index (κ1) is 14.9. The first-order valence-electron chi connectivity index (χ1n) is 5.22. The Kier molecular flexibility index (Phi) is 6.00. The van der Waals surface area contributed by atoms with Gasteiger partial charge in [-0.2, -0.15) is 13.2 Å². The second kappa shape index (κ2) is 6.45. The largest absolute Gasteiger partial charge is 0.451 e. The standard InChI is InChI=1S/C8H9F3N2.C3H8/c1-5(2)6-3-12-7(13-4-6)8(9,10)11;1-3-2/h3-5H,1-2H3;3H2,1-2H3. The van der Waals surface area contributed by atoms with E-state index in [-0.39, 0.29) is 5.92 Å². The number of aromatic nitrogens is 2. The number of rotatable bonds is 1. The third-order valence-corrected chi connectivity index (χ3v) is 1.59. The molecular formula is C11H17F3N2. The lowest BCUT2D eigenvalue weighted by molar-refractivity contribution is -0.145. The van der Waals surface area contributed by atoms with Crippen molar-refractivity contribution >= 4 is 0 Å². The van der Waals surface area contributed by atoms with Gasteiger partial charge in [-0.25, -0.2) is 9.97 Å². The van der Waals surface area contributed by atoms with Gasteiger partial charge in [-0.1, -0.05) is 34.1 Å². The van der Waals surface area contributed by atoms with Gasteiger partial charge in [0.25, 0.3) is 0 Å². The molecule has 0 fully saturated rings. The summed E-state index contributed by atoms with van der Waals surface area (Å²) in [4.78, 5) is 6.47. The van der Waals surface area contributed by atoms with E-state index in [1.165, 1.54) is 18.8 Å². The summed E-state index contributed by atoms with van der Waals surface area (Å²) >= 11 is 0. The predicted octanol–water partition coefficient (Wildman–Crippen LogP) is 4.04. The third-order valence-electron chi connectivity index (χ3n) is 1.59. The molecule has 16 heavy (non-hydrogen) atoms. The van der Waals surface area contributed by atoms with Gasteiger partial charge in [0.15, 0.2) is 0 Å². The first-order valence-corrected chi connectivity index (χ1v) is 5.22. The van der Waals surface area contributed by atoms with Gasteiger partial charge in [0.2, 0.25) is 5.82 Å². The van der Waals surface area contributed by atoms with Crippen LogP contribution in [0.2, 0.25) is 0 Å². The quantitative estimate of drug-likeness (QED) is 0.733. The molecule has 0 spiro atoms. The van der Waals surface area contributed by atoms with E-state index in [0.717, 1.165) is 0 Å². The molecule has 0 aliphatic rings. The van der Waals surface area contributed by atoms with Crippen molar-refractivity contribution in [3.63, 3.8) is 0 Å². The Labute approximate surface area is 93.9 Å². The second-order valence-electron chi connectivity index (χ2n) is 3.70. The van der Waals surface area contributed by atoms with E-state index in [9.17, 15) is 13.2 Å². The minimum Gasteiger partial charge on any atom is -0.233 e. The van der Waals surface area contributed by atoms with E-state index in [1.54, 1.807) is 0 Å². The Morgan fingerprint density at radius 3 is 1.75 bits per heavy atom. The number of hydrogen-bond acceptors (Lipinski definition) is 2. The molecule has 2 nitrogen and oxygen atoms in total. The molecule has 0 N–H and O–H groups in total. The van der Waals surface area contributed by atoms with Crippen LogP contribution in [0, 0.1) is 0 Å². The van der Waals surface area contributed by atoms with E-state index in [0.29, 0.717) is 5.56 Å². The molecular weight excluding hydrogens is 217 g/mol. The number of halogens is 3. The SMILES string of the molecule is CC(C)c1cnc(C(F)(F)F)nc1.CCC. The van der Waals surface area contributed by atoms with Crippen LogP contribution in [0.1, 0.15) is 51.4 Å². The van der Waals surface area contributed by atoms with Gasteiger partial charge in [0.1, 0.15) is 0 Å². The zero-order valence-corrected chi connectivity index (χ0v) is 9.97. The molecule has 0 aliphatic carbocycles. The zero-order chi connectivity index (χ0) is 12.8. The Balaban J connectivity index is 0.000000673. The lowest BCUT2D eigenvalue weighted by atomic mass is 10.1. The molecule has 0 radical (unpaired) electrons. The van der Waals surface area contributed by atoms with Gasteiger partial charge in [-0.3, -0.25) is 0 Å². The molecule has 1 aromatic rings. The van der Waals surface area contributed by atoms with Crippen LogP contribution >= 0.6 is 0 Å². The normalized spacial score (nSPS) is 11.0. The van der Waals surface area contributed by atoms with Gasteiger partial charge < -0.3 is 0 Å². The summed E-state index contributed by atoms with van der Waals surface area (Å²) in [6, 6.07) is 0. The molecule has 0 saturated heterocycles. The van der Waals surface area contributed by atoms with Gasteiger partial charge in [-0.15, -0.1) is 0 Å². The Morgan fingerprint density at radius 2 is 1.50 bits per heavy atom. The van der Waals surface area contributed by atoms with Crippen LogP contribution in [0.25, 0.3) is 0 Å². The average Bonchev–Trinajstić information content (AvgIpc) is 2.18. The zero-order valence-electron chi connectivity index (χ0n) is 9.97. The van der Waals surface area contributed by atoms with Crippen LogP contribution in [-0.2, 0) is 6.18 Å². The van der Waals surface area contributed by atoms with Crippen LogP contribution in [0.3, 0.4) is 0 Å². The van der Waals surface area contributed by atoms with E-state index in [1.807, 2.05) is 13.8 Å². The number of alkyl halides is 3. The fraction of sp³-hybridized carbons (Fsp3) is 0.636. The molecule has 0 bridgehead atoms. The highest BCUT2D eigenvalue weighted by Crippen LogP contribution is 2.25. The van der Waals surface area contributed by atoms with Crippen molar-refractivity contribution in [3.05, 3.63) is 23.8 Å². The van der Waals surface area contributed by atoms with Crippen LogP contribution in [-0.4, -0.2) is 9.97 Å². The summed E-state index contributed by atoms with van der Waals surface area (Å²) in [5, 5.41) is 0. The Bertz CT molecular complexity index is 291. The second-order valence-corrected chi connectivity index (χ2v) is 3.70. The summed E-state index contributed by atoms with van der Waals surface area (Å²) in [6.07, 6.45) is -0.781. The minimum atomic E-state index is -4.45. The van der Waals surface area contributed by atoms with Gasteiger partial charge in [0, 0.05) is 12.4 Å². The summed E-state index contributed by atoms with van der Waals surface area (Å²) in [7, 11) is 0. The van der Waals surface area contributed by atoms with Crippen molar-refractivity contribution in [2.24, 2.45) is 0 Å². The summed E-state index contributed by atoms with van der Waals surface area (Å²) in [5.74, 6) is -0.945. The summed E-state index contributed by atoms with van der Waals surface area (Å²) in [5.41, 5.74) is 0.702. The molecule has 1 rings (SSSR count). The molecule has 1 heterocycles. The maximum absolute atomic E-state index is 12.0. The smallest absolute Gasteiger partial charge is 0.233 e. The van der Waals surface area contributed by atoms with Gasteiger partial charge in [0.05, 0.1) is 0 Å². The molecule has 0 aromatic carbocycles. The molecule has 5 heteroatoms. The van der Waals surface area contributed by atoms with Crippen molar-refractivity contribution in [1.29, 1.82) is 0 Å². The third kappa shape index (κ3) is 5.09. The molecule has 0 unspecified atom stereocenters. The van der Waals surface area contributed by atoms with Crippen LogP contribution in [0.5, 0.6) is 0 Å². The maximum atomic E-state index is 12.0. The lowest BCUT2D eigenvalue weighted by Crippen LogP contribution is -2.11. The maximum Gasteiger partial charge on any atom is 0.451 e. The predicted molar refractivity (Wildman–Crippen MR) is 57.1 cm³/mol. The average molecular weight is 234 g/mol. The summed E-state index contributed by atoms with van der Waals surface area (Å²) in [6.45, 7) is 7.98. The highest BCUT2D eigenvalue weighted by atomic mass is 19.4. The molecule has 0 amide bonds. The molecule has 0 atom stereocenters. The topological polar surface area (TPSA) is 25.8 Å². The van der Waals surface area contributed by atoms with E-state index in [2.05, 4.69) is 23.8 Å². The van der Waals surface area contributed by atoms with Crippen molar-refractivity contribution in [2.75, 3.05) is 0 Å². The molecule has 92 valence electrons. The number of hydrogen-bond donors (Lipinski definition) is 0. The van der Waals surface area contributed by atoms with E-state index < -0.39 is 12.0 Å². The lowest BCUT2D eigenvalue weighted by Gasteiger charge is -2.06. The fourth-order valence-electron chi connectivity index (χ4n) is 0.783. The van der Waals surface area contributed by atoms with Crippen molar-refractivity contribution in [2.45, 2.75) is 46.2 Å². The molecule has 0 saturated carbocycles. The van der Waals surface area contributed by atoms with Crippen molar-refractivity contribution in [1.82, 2.24) is 9.97 Å². The van der Waals surface area contributed by atoms with E-state index in [4.69, 9.17) is 0 Å². The van der Waals surface area contributed by atoms with Crippen LogP contribution in [0.15, 0.2) is 12.4 Å². The summed E-state index contributed by atoms with van der Waals surface area (Å²) < 4.78 is 36.0. The van der Waals surface area contributed by atoms with E-state index >= 15 is 0 Å². The van der Waals surface area contributed by atoms with Crippen LogP contribution < -0.4 is 0 Å². The van der Waals surface area contributed by atoms with Gasteiger partial charge in [-0.05, 0) is 11.5 Å². The monoisotopic (exact) mass is 234 g/mol. The number of nitrogens with zero attached hydrogens (tertiary/aromatic N) is 2. The molecule has 1 aromatic heterocycles.